The van der Waals surface area contributed by atoms with Gasteiger partial charge in [-0.1, -0.05) is 18.2 Å². The Kier molecular flexibility index (Phi) is 4.06. The maximum absolute atomic E-state index is 4.37. The molecule has 6 heteroatoms. The molecular formula is C15H17N5S. The number of para-hydroxylation sites is 1. The first kappa shape index (κ1) is 13.9. The molecular weight excluding hydrogens is 282 g/mol. The van der Waals surface area contributed by atoms with E-state index in [1.165, 1.54) is 5.69 Å². The van der Waals surface area contributed by atoms with Crippen molar-refractivity contribution in [2.24, 2.45) is 7.05 Å². The topological polar surface area (TPSA) is 46.8 Å². The van der Waals surface area contributed by atoms with E-state index in [4.69, 9.17) is 0 Å². The fourth-order valence-electron chi connectivity index (χ4n) is 2.15. The van der Waals surface area contributed by atoms with E-state index in [1.807, 2.05) is 19.3 Å². The molecule has 0 fully saturated rings. The van der Waals surface area contributed by atoms with Crippen LogP contribution in [0.1, 0.15) is 0 Å². The number of fused-ring (bicyclic) bond motifs is 1. The van der Waals surface area contributed by atoms with Gasteiger partial charge in [-0.3, -0.25) is 4.68 Å². The molecule has 0 bridgehead atoms. The van der Waals surface area contributed by atoms with E-state index in [9.17, 15) is 0 Å². The van der Waals surface area contributed by atoms with E-state index in [0.29, 0.717) is 0 Å². The predicted octanol–water partition coefficient (Wildman–Crippen LogP) is 2.59. The number of thioether (sulfide) groups is 1. The van der Waals surface area contributed by atoms with Gasteiger partial charge in [0.15, 0.2) is 5.65 Å². The van der Waals surface area contributed by atoms with Gasteiger partial charge in [-0.25, -0.2) is 9.97 Å². The zero-order valence-electron chi connectivity index (χ0n) is 12.1. The number of hydrogen-bond acceptors (Lipinski definition) is 5. The van der Waals surface area contributed by atoms with E-state index >= 15 is 0 Å². The van der Waals surface area contributed by atoms with Gasteiger partial charge in [0.25, 0.3) is 0 Å². The van der Waals surface area contributed by atoms with Crippen LogP contribution in [0, 0.1) is 0 Å². The van der Waals surface area contributed by atoms with Crippen molar-refractivity contribution in [3.63, 3.8) is 0 Å². The van der Waals surface area contributed by atoms with Crippen LogP contribution in [0.2, 0.25) is 0 Å². The molecule has 3 rings (SSSR count). The van der Waals surface area contributed by atoms with Crippen molar-refractivity contribution >= 4 is 28.5 Å². The number of anilines is 1. The third kappa shape index (κ3) is 3.00. The summed E-state index contributed by atoms with van der Waals surface area (Å²) >= 11 is 1.74. The summed E-state index contributed by atoms with van der Waals surface area (Å²) in [5.41, 5.74) is 2.11. The molecule has 0 aliphatic carbocycles. The lowest BCUT2D eigenvalue weighted by atomic mass is 10.3. The molecule has 5 nitrogen and oxygen atoms in total. The fraction of sp³-hybridized carbons (Fsp3) is 0.267. The molecule has 0 N–H and O–H groups in total. The largest absolute Gasteiger partial charge is 0.374 e. The van der Waals surface area contributed by atoms with E-state index < -0.39 is 0 Å². The number of aromatic nitrogens is 4. The van der Waals surface area contributed by atoms with Crippen LogP contribution in [0.25, 0.3) is 11.0 Å². The maximum atomic E-state index is 4.37. The van der Waals surface area contributed by atoms with Crippen LogP contribution in [0.4, 0.5) is 5.69 Å². The first-order valence-corrected chi connectivity index (χ1v) is 7.76. The fourth-order valence-corrected chi connectivity index (χ4v) is 3.13. The summed E-state index contributed by atoms with van der Waals surface area (Å²) in [5.74, 6) is 0.965. The highest BCUT2D eigenvalue weighted by Gasteiger charge is 2.08. The Hall–Kier alpha value is -2.08. The van der Waals surface area contributed by atoms with Crippen LogP contribution in [0.15, 0.2) is 47.9 Å². The molecule has 108 valence electrons. The second kappa shape index (κ2) is 6.13. The molecule has 0 atom stereocenters. The van der Waals surface area contributed by atoms with E-state index in [-0.39, 0.29) is 0 Å². The lowest BCUT2D eigenvalue weighted by Gasteiger charge is -2.18. The molecule has 0 spiro atoms. The molecule has 0 amide bonds. The van der Waals surface area contributed by atoms with Gasteiger partial charge in [-0.2, -0.15) is 5.10 Å². The van der Waals surface area contributed by atoms with Crippen LogP contribution in [-0.2, 0) is 7.05 Å². The molecule has 0 aliphatic rings. The van der Waals surface area contributed by atoms with Crippen molar-refractivity contribution in [2.75, 3.05) is 24.2 Å². The zero-order valence-corrected chi connectivity index (χ0v) is 12.9. The summed E-state index contributed by atoms with van der Waals surface area (Å²) in [6.07, 6.45) is 3.44. The number of rotatable bonds is 5. The first-order chi connectivity index (χ1) is 10.3. The van der Waals surface area contributed by atoms with Crippen LogP contribution in [0.3, 0.4) is 0 Å². The van der Waals surface area contributed by atoms with Crippen molar-refractivity contribution in [3.05, 3.63) is 42.9 Å². The molecule has 3 aromatic rings. The molecule has 0 radical (unpaired) electrons. The molecule has 2 heterocycles. The van der Waals surface area contributed by atoms with Gasteiger partial charge in [-0.05, 0) is 12.1 Å². The standard InChI is InChI=1S/C15H17N5S/c1-19(12-6-4-3-5-7-12)8-9-21-15-13-10-18-20(2)14(13)16-11-17-15/h3-7,10-11H,8-9H2,1-2H3. The Labute approximate surface area is 128 Å². The molecule has 0 saturated carbocycles. The van der Waals surface area contributed by atoms with Gasteiger partial charge >= 0.3 is 0 Å². The highest BCUT2D eigenvalue weighted by atomic mass is 32.2. The molecule has 0 aliphatic heterocycles. The van der Waals surface area contributed by atoms with Crippen molar-refractivity contribution in [1.29, 1.82) is 0 Å². The van der Waals surface area contributed by atoms with Crippen LogP contribution in [0.5, 0.6) is 0 Å². The minimum absolute atomic E-state index is 0.879. The van der Waals surface area contributed by atoms with Crippen LogP contribution < -0.4 is 4.90 Å². The molecule has 0 unspecified atom stereocenters. The predicted molar refractivity (Wildman–Crippen MR) is 86.7 cm³/mol. The maximum Gasteiger partial charge on any atom is 0.162 e. The van der Waals surface area contributed by atoms with E-state index in [2.05, 4.69) is 51.3 Å². The van der Waals surface area contributed by atoms with Crippen molar-refractivity contribution in [2.45, 2.75) is 5.03 Å². The lowest BCUT2D eigenvalue weighted by Crippen LogP contribution is -2.20. The minimum atomic E-state index is 0.879. The number of nitrogens with zero attached hydrogens (tertiary/aromatic N) is 5. The normalized spacial score (nSPS) is 11.0. The van der Waals surface area contributed by atoms with E-state index in [1.54, 1.807) is 22.8 Å². The number of benzene rings is 1. The van der Waals surface area contributed by atoms with Crippen LogP contribution in [-0.4, -0.2) is 39.1 Å². The monoisotopic (exact) mass is 299 g/mol. The van der Waals surface area contributed by atoms with Crippen molar-refractivity contribution < 1.29 is 0 Å². The molecule has 2 aromatic heterocycles. The minimum Gasteiger partial charge on any atom is -0.374 e. The molecule has 21 heavy (non-hydrogen) atoms. The second-order valence-corrected chi connectivity index (χ2v) is 5.87. The third-order valence-corrected chi connectivity index (χ3v) is 4.34. The Bertz CT molecular complexity index is 725. The summed E-state index contributed by atoms with van der Waals surface area (Å²) in [4.78, 5) is 10.9. The van der Waals surface area contributed by atoms with Gasteiger partial charge in [0.2, 0.25) is 0 Å². The Morgan fingerprint density at radius 3 is 2.81 bits per heavy atom. The smallest absolute Gasteiger partial charge is 0.162 e. The third-order valence-electron chi connectivity index (χ3n) is 3.36. The Morgan fingerprint density at radius 2 is 2.00 bits per heavy atom. The number of hydrogen-bond donors (Lipinski definition) is 0. The number of aryl methyl sites for hydroxylation is 1. The second-order valence-electron chi connectivity index (χ2n) is 4.79. The summed E-state index contributed by atoms with van der Waals surface area (Å²) in [6, 6.07) is 10.4. The average Bonchev–Trinajstić information content (AvgIpc) is 2.91. The molecule has 0 saturated heterocycles. The summed E-state index contributed by atoms with van der Waals surface area (Å²) in [7, 11) is 4.00. The highest BCUT2D eigenvalue weighted by Crippen LogP contribution is 2.24. The highest BCUT2D eigenvalue weighted by molar-refractivity contribution is 7.99. The van der Waals surface area contributed by atoms with Crippen molar-refractivity contribution in [3.8, 4) is 0 Å². The van der Waals surface area contributed by atoms with Gasteiger partial charge in [0.1, 0.15) is 11.4 Å². The average molecular weight is 299 g/mol. The van der Waals surface area contributed by atoms with Gasteiger partial charge in [0, 0.05) is 32.1 Å². The Balaban J connectivity index is 1.65. The van der Waals surface area contributed by atoms with Crippen LogP contribution >= 0.6 is 11.8 Å². The van der Waals surface area contributed by atoms with Crippen molar-refractivity contribution in [1.82, 2.24) is 19.7 Å². The summed E-state index contributed by atoms with van der Waals surface area (Å²) in [6.45, 7) is 0.959. The van der Waals surface area contributed by atoms with Gasteiger partial charge < -0.3 is 4.90 Å². The summed E-state index contributed by atoms with van der Waals surface area (Å²) < 4.78 is 1.77. The lowest BCUT2D eigenvalue weighted by molar-refractivity contribution is 0.784. The van der Waals surface area contributed by atoms with Gasteiger partial charge in [-0.15, -0.1) is 11.8 Å². The quantitative estimate of drug-likeness (QED) is 0.535. The zero-order chi connectivity index (χ0) is 14.7. The Morgan fingerprint density at radius 1 is 1.19 bits per heavy atom. The summed E-state index contributed by atoms with van der Waals surface area (Å²) in [5, 5.41) is 6.25. The SMILES string of the molecule is CN(CCSc1ncnc2c1cnn2C)c1ccccc1. The van der Waals surface area contributed by atoms with Gasteiger partial charge in [0.05, 0.1) is 11.6 Å². The van der Waals surface area contributed by atoms with E-state index in [0.717, 1.165) is 28.4 Å². The first-order valence-electron chi connectivity index (χ1n) is 6.77. The molecule has 1 aromatic carbocycles.